The molecule has 0 aliphatic rings. The van der Waals surface area contributed by atoms with Gasteiger partial charge in [-0.2, -0.15) is 0 Å². The lowest BCUT2D eigenvalue weighted by atomic mass is 10.2. The summed E-state index contributed by atoms with van der Waals surface area (Å²) in [6.45, 7) is 3.83. The molecule has 1 N–H and O–H groups in total. The molecule has 3 heteroatoms. The van der Waals surface area contributed by atoms with Gasteiger partial charge in [-0.05, 0) is 23.5 Å². The Morgan fingerprint density at radius 3 is 2.25 bits per heavy atom. The number of hydrogen-bond acceptors (Lipinski definition) is 1. The van der Waals surface area contributed by atoms with Gasteiger partial charge in [0.2, 0.25) is 0 Å². The Labute approximate surface area is 85.8 Å². The summed E-state index contributed by atoms with van der Waals surface area (Å²) in [6.07, 6.45) is 4.63. The van der Waals surface area contributed by atoms with E-state index in [9.17, 15) is 4.79 Å². The number of allylic oxidation sites excluding steroid dienone is 4. The highest BCUT2D eigenvalue weighted by atomic mass is 127. The van der Waals surface area contributed by atoms with Gasteiger partial charge in [-0.3, -0.25) is 0 Å². The van der Waals surface area contributed by atoms with Crippen LogP contribution in [0.5, 0.6) is 0 Å². The van der Waals surface area contributed by atoms with Crippen molar-refractivity contribution in [1.82, 2.24) is 0 Å². The molecule has 0 aliphatic carbocycles. The predicted octanol–water partition coefficient (Wildman–Crippen LogP) is 2.91. The van der Waals surface area contributed by atoms with Crippen LogP contribution in [0, 0.1) is 0 Å². The Balaban J connectivity index is 4.30. The molecule has 12 heavy (non-hydrogen) atoms. The van der Waals surface area contributed by atoms with Gasteiger partial charge in [0.05, 0.1) is 0 Å². The molecule has 0 atom stereocenters. The standard InChI is InChI=1S/C9H11IO2/c1-7(3-4-9(11)12)5-8(2)6-10/h3-6H,1-2H3,(H,11,12)/b4-3+,7-5+,8-6+. The van der Waals surface area contributed by atoms with Crippen molar-refractivity contribution < 1.29 is 9.90 Å². The second-order valence-corrected chi connectivity index (χ2v) is 3.04. The maximum absolute atomic E-state index is 10.1. The van der Waals surface area contributed by atoms with Crippen LogP contribution in [0.15, 0.2) is 33.5 Å². The summed E-state index contributed by atoms with van der Waals surface area (Å²) in [5, 5.41) is 8.32. The van der Waals surface area contributed by atoms with Gasteiger partial charge in [0.25, 0.3) is 0 Å². The van der Waals surface area contributed by atoms with Crippen molar-refractivity contribution in [2.24, 2.45) is 0 Å². The molecular formula is C9H11IO2. The number of hydrogen-bond donors (Lipinski definition) is 1. The second kappa shape index (κ2) is 5.99. The molecule has 0 spiro atoms. The number of aliphatic carboxylic acids is 1. The molecule has 0 heterocycles. The lowest BCUT2D eigenvalue weighted by Crippen LogP contribution is -1.85. The minimum Gasteiger partial charge on any atom is -0.478 e. The summed E-state index contributed by atoms with van der Waals surface area (Å²) >= 11 is 2.14. The van der Waals surface area contributed by atoms with Crippen molar-refractivity contribution in [1.29, 1.82) is 0 Å². The molecule has 0 saturated heterocycles. The molecule has 0 aromatic heterocycles. The fourth-order valence-corrected chi connectivity index (χ4v) is 0.821. The summed E-state index contributed by atoms with van der Waals surface area (Å²) in [5.74, 6) is -0.918. The smallest absolute Gasteiger partial charge is 0.328 e. The first-order valence-corrected chi connectivity index (χ1v) is 4.67. The molecule has 0 fully saturated rings. The molecule has 0 aromatic rings. The molecular weight excluding hydrogens is 267 g/mol. The van der Waals surface area contributed by atoms with Gasteiger partial charge >= 0.3 is 5.97 Å². The predicted molar refractivity (Wildman–Crippen MR) is 58.3 cm³/mol. The van der Waals surface area contributed by atoms with E-state index in [0.29, 0.717) is 0 Å². The summed E-state index contributed by atoms with van der Waals surface area (Å²) < 4.78 is 1.94. The zero-order chi connectivity index (χ0) is 9.56. The Kier molecular flexibility index (Phi) is 5.70. The molecule has 0 unspecified atom stereocenters. The average molecular weight is 278 g/mol. The Hall–Kier alpha value is -0.580. The summed E-state index contributed by atoms with van der Waals surface area (Å²) in [4.78, 5) is 10.1. The van der Waals surface area contributed by atoms with E-state index < -0.39 is 5.97 Å². The lowest BCUT2D eigenvalue weighted by Gasteiger charge is -1.91. The number of carboxylic acid groups (broad SMARTS) is 1. The van der Waals surface area contributed by atoms with E-state index in [1.807, 2.05) is 24.0 Å². The van der Waals surface area contributed by atoms with Crippen LogP contribution in [-0.4, -0.2) is 11.1 Å². The van der Waals surface area contributed by atoms with Crippen LogP contribution in [0.1, 0.15) is 13.8 Å². The van der Waals surface area contributed by atoms with Gasteiger partial charge < -0.3 is 5.11 Å². The van der Waals surface area contributed by atoms with Crippen LogP contribution in [0.4, 0.5) is 0 Å². The van der Waals surface area contributed by atoms with E-state index in [1.165, 1.54) is 0 Å². The first-order valence-electron chi connectivity index (χ1n) is 3.42. The fraction of sp³-hybridized carbons (Fsp3) is 0.222. The SMILES string of the molecule is CC(=C\I)/C=C(C)/C=C/C(=O)O. The third kappa shape index (κ3) is 6.15. The number of carbonyl (C=O) groups is 1. The van der Waals surface area contributed by atoms with Crippen LogP contribution in [0.25, 0.3) is 0 Å². The molecule has 0 aliphatic heterocycles. The van der Waals surface area contributed by atoms with Crippen molar-refractivity contribution in [3.8, 4) is 0 Å². The summed E-state index contributed by atoms with van der Waals surface area (Å²) in [5.41, 5.74) is 2.05. The Morgan fingerprint density at radius 2 is 1.83 bits per heavy atom. The Morgan fingerprint density at radius 1 is 1.25 bits per heavy atom. The van der Waals surface area contributed by atoms with Crippen LogP contribution in [-0.2, 0) is 4.79 Å². The van der Waals surface area contributed by atoms with Gasteiger partial charge in [-0.25, -0.2) is 4.79 Å². The highest BCUT2D eigenvalue weighted by Gasteiger charge is 1.87. The quantitative estimate of drug-likeness (QED) is 0.489. The van der Waals surface area contributed by atoms with Crippen LogP contribution >= 0.6 is 22.6 Å². The molecule has 0 radical (unpaired) electrons. The average Bonchev–Trinajstić information content (AvgIpc) is 2.00. The number of rotatable bonds is 3. The monoisotopic (exact) mass is 278 g/mol. The first kappa shape index (κ1) is 11.4. The fourth-order valence-electron chi connectivity index (χ4n) is 0.641. The summed E-state index contributed by atoms with van der Waals surface area (Å²) in [7, 11) is 0. The first-order chi connectivity index (χ1) is 5.56. The molecule has 0 rings (SSSR count). The number of carboxylic acids is 1. The van der Waals surface area contributed by atoms with Crippen molar-refractivity contribution >= 4 is 28.6 Å². The van der Waals surface area contributed by atoms with Crippen molar-refractivity contribution in [3.63, 3.8) is 0 Å². The van der Waals surface area contributed by atoms with Gasteiger partial charge in [-0.15, -0.1) is 0 Å². The van der Waals surface area contributed by atoms with E-state index in [2.05, 4.69) is 22.6 Å². The lowest BCUT2D eigenvalue weighted by molar-refractivity contribution is -0.131. The number of halogens is 1. The molecule has 2 nitrogen and oxygen atoms in total. The van der Waals surface area contributed by atoms with E-state index in [4.69, 9.17) is 5.11 Å². The van der Waals surface area contributed by atoms with E-state index in [-0.39, 0.29) is 0 Å². The van der Waals surface area contributed by atoms with E-state index in [1.54, 1.807) is 6.08 Å². The van der Waals surface area contributed by atoms with E-state index in [0.717, 1.165) is 17.2 Å². The highest BCUT2D eigenvalue weighted by molar-refractivity contribution is 14.1. The van der Waals surface area contributed by atoms with Gasteiger partial charge in [-0.1, -0.05) is 40.3 Å². The van der Waals surface area contributed by atoms with Gasteiger partial charge in [0, 0.05) is 6.08 Å². The Bertz CT molecular complexity index is 249. The van der Waals surface area contributed by atoms with Gasteiger partial charge in [0.1, 0.15) is 0 Å². The van der Waals surface area contributed by atoms with Crippen molar-refractivity contribution in [2.75, 3.05) is 0 Å². The van der Waals surface area contributed by atoms with Crippen LogP contribution < -0.4 is 0 Å². The molecule has 0 amide bonds. The van der Waals surface area contributed by atoms with Crippen LogP contribution in [0.2, 0.25) is 0 Å². The minimum absolute atomic E-state index is 0.918. The zero-order valence-electron chi connectivity index (χ0n) is 7.04. The molecule has 0 bridgehead atoms. The summed E-state index contributed by atoms with van der Waals surface area (Å²) in [6, 6.07) is 0. The van der Waals surface area contributed by atoms with E-state index >= 15 is 0 Å². The van der Waals surface area contributed by atoms with Gasteiger partial charge in [0.15, 0.2) is 0 Å². The largest absolute Gasteiger partial charge is 0.478 e. The third-order valence-electron chi connectivity index (χ3n) is 1.12. The molecule has 66 valence electrons. The van der Waals surface area contributed by atoms with Crippen molar-refractivity contribution in [2.45, 2.75) is 13.8 Å². The topological polar surface area (TPSA) is 37.3 Å². The minimum atomic E-state index is -0.918. The third-order valence-corrected chi connectivity index (χ3v) is 2.10. The maximum atomic E-state index is 10.1. The van der Waals surface area contributed by atoms with Crippen LogP contribution in [0.3, 0.4) is 0 Å². The van der Waals surface area contributed by atoms with Crippen molar-refractivity contribution in [3.05, 3.63) is 33.5 Å². The highest BCUT2D eigenvalue weighted by Crippen LogP contribution is 2.05. The molecule has 0 saturated carbocycles. The second-order valence-electron chi connectivity index (χ2n) is 2.41. The molecule has 0 aromatic carbocycles. The zero-order valence-corrected chi connectivity index (χ0v) is 9.20. The normalized spacial score (nSPS) is 13.9. The maximum Gasteiger partial charge on any atom is 0.328 e.